The molecule has 0 aromatic carbocycles. The summed E-state index contributed by atoms with van der Waals surface area (Å²) in [7, 11) is -3.10. The third kappa shape index (κ3) is 1.68. The van der Waals surface area contributed by atoms with Crippen LogP contribution in [0.2, 0.25) is 0 Å². The van der Waals surface area contributed by atoms with Crippen molar-refractivity contribution in [3.8, 4) is 0 Å². The van der Waals surface area contributed by atoms with E-state index >= 15 is 0 Å². The third-order valence-corrected chi connectivity index (χ3v) is 5.41. The van der Waals surface area contributed by atoms with Gasteiger partial charge in [0.05, 0.1) is 10.9 Å². The topological polar surface area (TPSA) is 57.6 Å². The fourth-order valence-corrected chi connectivity index (χ4v) is 4.56. The highest BCUT2D eigenvalue weighted by Gasteiger charge is 2.46. The minimum Gasteiger partial charge on any atom is -0.387 e. The van der Waals surface area contributed by atoms with Crippen molar-refractivity contribution < 1.29 is 13.5 Å². The Balaban J connectivity index is 2.03. The zero-order valence-corrected chi connectivity index (χ0v) is 9.26. The van der Waals surface area contributed by atoms with Crippen LogP contribution in [0.1, 0.15) is 32.6 Å². The standard InChI is InChI=1S/C9H17NO3S/c1-9(11)6-10(7-9)14(12,13)8-4-2-3-5-8/h8,11H,2-7H2,1H3. The molecule has 0 bridgehead atoms. The van der Waals surface area contributed by atoms with E-state index in [0.717, 1.165) is 25.7 Å². The van der Waals surface area contributed by atoms with Crippen LogP contribution in [0.3, 0.4) is 0 Å². The second kappa shape index (κ2) is 3.18. The van der Waals surface area contributed by atoms with Crippen LogP contribution in [0.5, 0.6) is 0 Å². The van der Waals surface area contributed by atoms with Crippen molar-refractivity contribution >= 4 is 10.0 Å². The van der Waals surface area contributed by atoms with Crippen LogP contribution in [-0.4, -0.2) is 41.8 Å². The fraction of sp³-hybridized carbons (Fsp3) is 1.00. The van der Waals surface area contributed by atoms with E-state index < -0.39 is 15.6 Å². The van der Waals surface area contributed by atoms with Crippen molar-refractivity contribution in [2.45, 2.75) is 43.5 Å². The van der Waals surface area contributed by atoms with Gasteiger partial charge < -0.3 is 5.11 Å². The van der Waals surface area contributed by atoms with Gasteiger partial charge in [-0.2, -0.15) is 4.31 Å². The third-order valence-electron chi connectivity index (χ3n) is 3.12. The maximum absolute atomic E-state index is 11.9. The number of β-amino-alcohol motifs (C(OH)–C–C–N with tert-alkyl or cyclic N) is 1. The molecule has 5 heteroatoms. The van der Waals surface area contributed by atoms with Crippen molar-refractivity contribution in [1.82, 2.24) is 4.31 Å². The van der Waals surface area contributed by atoms with Gasteiger partial charge in [0, 0.05) is 13.1 Å². The van der Waals surface area contributed by atoms with Crippen LogP contribution in [0, 0.1) is 0 Å². The first kappa shape index (κ1) is 10.4. The first-order valence-corrected chi connectivity index (χ1v) is 6.63. The van der Waals surface area contributed by atoms with E-state index in [4.69, 9.17) is 0 Å². The summed E-state index contributed by atoms with van der Waals surface area (Å²) in [6.45, 7) is 2.21. The van der Waals surface area contributed by atoms with Crippen LogP contribution in [0.15, 0.2) is 0 Å². The number of sulfonamides is 1. The highest BCUT2D eigenvalue weighted by molar-refractivity contribution is 7.89. The number of nitrogens with zero attached hydrogens (tertiary/aromatic N) is 1. The molecule has 1 N–H and O–H groups in total. The minimum absolute atomic E-state index is 0.182. The van der Waals surface area contributed by atoms with Crippen molar-refractivity contribution in [2.75, 3.05) is 13.1 Å². The van der Waals surface area contributed by atoms with Gasteiger partial charge in [0.1, 0.15) is 0 Å². The molecule has 2 fully saturated rings. The first-order chi connectivity index (χ1) is 6.42. The molecular formula is C9H17NO3S. The lowest BCUT2D eigenvalue weighted by atomic mass is 10.0. The molecule has 0 aromatic heterocycles. The molecule has 0 amide bonds. The number of hydrogen-bond acceptors (Lipinski definition) is 3. The van der Waals surface area contributed by atoms with Gasteiger partial charge in [-0.25, -0.2) is 8.42 Å². The van der Waals surface area contributed by atoms with E-state index in [0.29, 0.717) is 0 Å². The first-order valence-electron chi connectivity index (χ1n) is 5.13. The summed E-state index contributed by atoms with van der Waals surface area (Å²) in [5.74, 6) is 0. The molecular weight excluding hydrogens is 202 g/mol. The molecule has 0 unspecified atom stereocenters. The molecule has 1 saturated carbocycles. The fourth-order valence-electron chi connectivity index (χ4n) is 2.29. The average Bonchev–Trinajstić information content (AvgIpc) is 2.51. The highest BCUT2D eigenvalue weighted by Crippen LogP contribution is 2.32. The highest BCUT2D eigenvalue weighted by atomic mass is 32.2. The second-order valence-electron chi connectivity index (χ2n) is 4.72. The van der Waals surface area contributed by atoms with Gasteiger partial charge in [0.15, 0.2) is 0 Å². The molecule has 2 rings (SSSR count). The van der Waals surface area contributed by atoms with Crippen LogP contribution in [-0.2, 0) is 10.0 Å². The molecule has 1 heterocycles. The Hall–Kier alpha value is -0.130. The monoisotopic (exact) mass is 219 g/mol. The maximum atomic E-state index is 11.9. The molecule has 0 spiro atoms. The van der Waals surface area contributed by atoms with Crippen molar-refractivity contribution in [3.05, 3.63) is 0 Å². The summed E-state index contributed by atoms with van der Waals surface area (Å²) < 4.78 is 25.3. The Morgan fingerprint density at radius 3 is 2.21 bits per heavy atom. The molecule has 1 aliphatic carbocycles. The van der Waals surface area contributed by atoms with Crippen LogP contribution < -0.4 is 0 Å². The van der Waals surface area contributed by atoms with E-state index in [1.165, 1.54) is 4.31 Å². The van der Waals surface area contributed by atoms with Crippen molar-refractivity contribution in [1.29, 1.82) is 0 Å². The molecule has 2 aliphatic rings. The zero-order chi connectivity index (χ0) is 10.4. The van der Waals surface area contributed by atoms with Gasteiger partial charge in [-0.1, -0.05) is 12.8 Å². The number of rotatable bonds is 2. The summed E-state index contributed by atoms with van der Waals surface area (Å²) in [5, 5.41) is 9.30. The van der Waals surface area contributed by atoms with E-state index in [1.54, 1.807) is 6.92 Å². The average molecular weight is 219 g/mol. The van der Waals surface area contributed by atoms with Crippen molar-refractivity contribution in [2.24, 2.45) is 0 Å². The summed E-state index contributed by atoms with van der Waals surface area (Å²) >= 11 is 0. The molecule has 82 valence electrons. The summed E-state index contributed by atoms with van der Waals surface area (Å²) in [4.78, 5) is 0. The Labute approximate surface area is 85.0 Å². The quantitative estimate of drug-likeness (QED) is 0.728. The van der Waals surface area contributed by atoms with Crippen LogP contribution >= 0.6 is 0 Å². The molecule has 0 radical (unpaired) electrons. The summed E-state index contributed by atoms with van der Waals surface area (Å²) in [5.41, 5.74) is -0.800. The van der Waals surface area contributed by atoms with E-state index in [-0.39, 0.29) is 18.3 Å². The lowest BCUT2D eigenvalue weighted by Gasteiger charge is -2.44. The van der Waals surface area contributed by atoms with Crippen LogP contribution in [0.25, 0.3) is 0 Å². The molecule has 1 aliphatic heterocycles. The van der Waals surface area contributed by atoms with Crippen molar-refractivity contribution in [3.63, 3.8) is 0 Å². The lowest BCUT2D eigenvalue weighted by molar-refractivity contribution is -0.0430. The van der Waals surface area contributed by atoms with Gasteiger partial charge in [0.25, 0.3) is 0 Å². The Morgan fingerprint density at radius 1 is 1.29 bits per heavy atom. The molecule has 0 atom stereocenters. The number of aliphatic hydroxyl groups is 1. The summed E-state index contributed by atoms with van der Waals surface area (Å²) in [6.07, 6.45) is 3.63. The van der Waals surface area contributed by atoms with Gasteiger partial charge in [-0.3, -0.25) is 0 Å². The Morgan fingerprint density at radius 2 is 1.79 bits per heavy atom. The summed E-state index contributed by atoms with van der Waals surface area (Å²) in [6, 6.07) is 0. The van der Waals surface area contributed by atoms with Crippen LogP contribution in [0.4, 0.5) is 0 Å². The second-order valence-corrected chi connectivity index (χ2v) is 6.93. The van der Waals surface area contributed by atoms with Gasteiger partial charge in [-0.15, -0.1) is 0 Å². The molecule has 14 heavy (non-hydrogen) atoms. The van der Waals surface area contributed by atoms with E-state index in [9.17, 15) is 13.5 Å². The minimum atomic E-state index is -3.10. The van der Waals surface area contributed by atoms with Gasteiger partial charge in [-0.05, 0) is 19.8 Å². The van der Waals surface area contributed by atoms with E-state index in [2.05, 4.69) is 0 Å². The number of hydrogen-bond donors (Lipinski definition) is 1. The maximum Gasteiger partial charge on any atom is 0.217 e. The molecule has 4 nitrogen and oxygen atoms in total. The molecule has 1 saturated heterocycles. The predicted octanol–water partition coefficient (Wildman–Crippen LogP) is 0.325. The zero-order valence-electron chi connectivity index (χ0n) is 8.44. The normalized spacial score (nSPS) is 29.0. The predicted molar refractivity (Wildman–Crippen MR) is 53.4 cm³/mol. The Bertz CT molecular complexity index is 309. The smallest absolute Gasteiger partial charge is 0.217 e. The largest absolute Gasteiger partial charge is 0.387 e. The van der Waals surface area contributed by atoms with E-state index in [1.807, 2.05) is 0 Å². The van der Waals surface area contributed by atoms with Gasteiger partial charge in [0.2, 0.25) is 10.0 Å². The van der Waals surface area contributed by atoms with Gasteiger partial charge >= 0.3 is 0 Å². The molecule has 0 aromatic rings. The lowest BCUT2D eigenvalue weighted by Crippen LogP contribution is -2.62. The SMILES string of the molecule is CC1(O)CN(S(=O)(=O)C2CCCC2)C1. The Kier molecular flexibility index (Phi) is 2.36.